The van der Waals surface area contributed by atoms with Crippen molar-refractivity contribution in [3.8, 4) is 5.75 Å². The van der Waals surface area contributed by atoms with Crippen molar-refractivity contribution < 1.29 is 14.6 Å². The summed E-state index contributed by atoms with van der Waals surface area (Å²) in [7, 11) is 1.69. The van der Waals surface area contributed by atoms with Crippen molar-refractivity contribution >= 4 is 15.9 Å². The first-order chi connectivity index (χ1) is 7.76. The summed E-state index contributed by atoms with van der Waals surface area (Å²) in [6.07, 6.45) is 0.439. The molecule has 3 nitrogen and oxygen atoms in total. The van der Waals surface area contributed by atoms with Gasteiger partial charge in [-0.15, -0.1) is 0 Å². The van der Waals surface area contributed by atoms with Crippen molar-refractivity contribution in [3.63, 3.8) is 0 Å². The van der Waals surface area contributed by atoms with Crippen molar-refractivity contribution in [2.24, 2.45) is 0 Å². The number of methoxy groups -OCH3 is 1. The Morgan fingerprint density at radius 1 is 1.31 bits per heavy atom. The van der Waals surface area contributed by atoms with Crippen LogP contribution in [-0.4, -0.2) is 36.9 Å². The predicted molar refractivity (Wildman–Crippen MR) is 67.3 cm³/mol. The van der Waals surface area contributed by atoms with Gasteiger partial charge in [-0.2, -0.15) is 0 Å². The van der Waals surface area contributed by atoms with Gasteiger partial charge in [-0.3, -0.25) is 0 Å². The molecule has 0 saturated heterocycles. The van der Waals surface area contributed by atoms with Gasteiger partial charge in [0.05, 0.1) is 12.7 Å². The zero-order valence-electron chi connectivity index (χ0n) is 9.36. The van der Waals surface area contributed by atoms with Crippen LogP contribution in [-0.2, 0) is 11.2 Å². The van der Waals surface area contributed by atoms with Crippen LogP contribution in [0.3, 0.4) is 0 Å². The molecule has 0 unspecified atom stereocenters. The number of alkyl halides is 1. The lowest BCUT2D eigenvalue weighted by molar-refractivity contribution is 0.127. The molecule has 0 radical (unpaired) electrons. The summed E-state index contributed by atoms with van der Waals surface area (Å²) in [4.78, 5) is 0. The van der Waals surface area contributed by atoms with Gasteiger partial charge in [0, 0.05) is 12.4 Å². The number of benzene rings is 1. The Kier molecular flexibility index (Phi) is 6.45. The first kappa shape index (κ1) is 13.5. The Hall–Kier alpha value is -0.580. The molecule has 0 bridgehead atoms. The molecule has 0 spiro atoms. The van der Waals surface area contributed by atoms with Gasteiger partial charge in [0.25, 0.3) is 0 Å². The van der Waals surface area contributed by atoms with Gasteiger partial charge in [-0.25, -0.2) is 0 Å². The summed E-state index contributed by atoms with van der Waals surface area (Å²) in [5, 5.41) is 9.83. The van der Waals surface area contributed by atoms with E-state index in [0.29, 0.717) is 11.9 Å². The minimum atomic E-state index is -0.465. The molecule has 0 heterocycles. The van der Waals surface area contributed by atoms with Gasteiger partial charge in [-0.05, 0) is 24.1 Å². The molecule has 0 aliphatic rings. The van der Waals surface area contributed by atoms with E-state index in [9.17, 15) is 5.11 Å². The molecule has 0 aliphatic heterocycles. The zero-order chi connectivity index (χ0) is 11.8. The molecule has 1 aromatic rings. The van der Waals surface area contributed by atoms with Crippen molar-refractivity contribution in [2.45, 2.75) is 12.5 Å². The van der Waals surface area contributed by atoms with Gasteiger partial charge in [0.2, 0.25) is 0 Å². The molecule has 1 rings (SSSR count). The quantitative estimate of drug-likeness (QED) is 0.780. The van der Waals surface area contributed by atoms with Crippen LogP contribution in [0.4, 0.5) is 0 Å². The minimum absolute atomic E-state index is 0.308. The van der Waals surface area contributed by atoms with E-state index in [1.807, 2.05) is 24.3 Å². The molecular formula is C12H17BrO3. The monoisotopic (exact) mass is 288 g/mol. The first-order valence-electron chi connectivity index (χ1n) is 5.21. The van der Waals surface area contributed by atoms with Gasteiger partial charge < -0.3 is 14.6 Å². The van der Waals surface area contributed by atoms with E-state index in [1.165, 1.54) is 5.56 Å². The van der Waals surface area contributed by atoms with E-state index in [2.05, 4.69) is 15.9 Å². The second kappa shape index (κ2) is 7.65. The number of hydrogen-bond acceptors (Lipinski definition) is 3. The molecule has 16 heavy (non-hydrogen) atoms. The number of hydrogen-bond donors (Lipinski definition) is 1. The SMILES string of the molecule is COCCc1ccc(OC[C@H](O)CBr)cc1. The van der Waals surface area contributed by atoms with Crippen molar-refractivity contribution in [1.29, 1.82) is 0 Å². The molecule has 0 amide bonds. The normalized spacial score (nSPS) is 12.4. The molecule has 0 fully saturated rings. The Bertz CT molecular complexity index is 287. The van der Waals surface area contributed by atoms with Crippen LogP contribution in [0.25, 0.3) is 0 Å². The summed E-state index contributed by atoms with van der Waals surface area (Å²) in [5.74, 6) is 0.779. The first-order valence-corrected chi connectivity index (χ1v) is 6.33. The van der Waals surface area contributed by atoms with Crippen LogP contribution in [0.1, 0.15) is 5.56 Å². The maximum absolute atomic E-state index is 9.30. The fourth-order valence-electron chi connectivity index (χ4n) is 1.21. The fourth-order valence-corrected chi connectivity index (χ4v) is 1.40. The highest BCUT2D eigenvalue weighted by molar-refractivity contribution is 9.09. The zero-order valence-corrected chi connectivity index (χ0v) is 10.9. The van der Waals surface area contributed by atoms with Gasteiger partial charge >= 0.3 is 0 Å². The summed E-state index contributed by atoms with van der Waals surface area (Å²) < 4.78 is 10.4. The van der Waals surface area contributed by atoms with E-state index >= 15 is 0 Å². The number of ether oxygens (including phenoxy) is 2. The molecule has 1 aromatic carbocycles. The highest BCUT2D eigenvalue weighted by Gasteiger charge is 2.02. The van der Waals surface area contributed by atoms with Crippen LogP contribution in [0.2, 0.25) is 0 Å². The molecule has 1 N–H and O–H groups in total. The van der Waals surface area contributed by atoms with E-state index in [-0.39, 0.29) is 0 Å². The van der Waals surface area contributed by atoms with Crippen molar-refractivity contribution in [3.05, 3.63) is 29.8 Å². The van der Waals surface area contributed by atoms with Crippen LogP contribution in [0.5, 0.6) is 5.75 Å². The van der Waals surface area contributed by atoms with Crippen LogP contribution in [0, 0.1) is 0 Å². The van der Waals surface area contributed by atoms with Crippen LogP contribution < -0.4 is 4.74 Å². The summed E-state index contributed by atoms with van der Waals surface area (Å²) in [6, 6.07) is 7.83. The Balaban J connectivity index is 2.38. The average molecular weight is 289 g/mol. The lowest BCUT2D eigenvalue weighted by Gasteiger charge is -2.10. The molecule has 90 valence electrons. The lowest BCUT2D eigenvalue weighted by atomic mass is 10.1. The maximum Gasteiger partial charge on any atom is 0.119 e. The summed E-state index contributed by atoms with van der Waals surface area (Å²) >= 11 is 3.18. The molecule has 4 heteroatoms. The number of aliphatic hydroxyl groups excluding tert-OH is 1. The Morgan fingerprint density at radius 3 is 2.56 bits per heavy atom. The third-order valence-electron chi connectivity index (χ3n) is 2.14. The second-order valence-corrected chi connectivity index (χ2v) is 4.15. The topological polar surface area (TPSA) is 38.7 Å². The summed E-state index contributed by atoms with van der Waals surface area (Å²) in [5.41, 5.74) is 1.22. The van der Waals surface area contributed by atoms with Gasteiger partial charge in [0.1, 0.15) is 12.4 Å². The number of rotatable bonds is 7. The number of halogens is 1. The standard InChI is InChI=1S/C12H17BrO3/c1-15-7-6-10-2-4-12(5-3-10)16-9-11(14)8-13/h2-5,11,14H,6-9H2,1H3/t11-/m1/s1. The molecule has 0 aliphatic carbocycles. The number of aliphatic hydroxyl groups is 1. The Labute approximate surface area is 105 Å². The van der Waals surface area contributed by atoms with Gasteiger partial charge in [-0.1, -0.05) is 28.1 Å². The molecule has 1 atom stereocenters. The molecule has 0 aromatic heterocycles. The smallest absolute Gasteiger partial charge is 0.119 e. The lowest BCUT2D eigenvalue weighted by Crippen LogP contribution is -2.18. The Morgan fingerprint density at radius 2 is 2.00 bits per heavy atom. The largest absolute Gasteiger partial charge is 0.491 e. The third-order valence-corrected chi connectivity index (χ3v) is 2.89. The van der Waals surface area contributed by atoms with Crippen LogP contribution in [0.15, 0.2) is 24.3 Å². The predicted octanol–water partition coefficient (Wildman–Crippen LogP) is 2.01. The highest BCUT2D eigenvalue weighted by atomic mass is 79.9. The van der Waals surface area contributed by atoms with E-state index in [4.69, 9.17) is 9.47 Å². The maximum atomic E-state index is 9.30. The average Bonchev–Trinajstić information content (AvgIpc) is 2.34. The third kappa shape index (κ3) is 4.96. The van der Waals surface area contributed by atoms with E-state index in [0.717, 1.165) is 18.8 Å². The fraction of sp³-hybridized carbons (Fsp3) is 0.500. The molecular weight excluding hydrogens is 272 g/mol. The van der Waals surface area contributed by atoms with E-state index in [1.54, 1.807) is 7.11 Å². The van der Waals surface area contributed by atoms with Crippen LogP contribution >= 0.6 is 15.9 Å². The van der Waals surface area contributed by atoms with E-state index < -0.39 is 6.10 Å². The molecule has 0 saturated carbocycles. The van der Waals surface area contributed by atoms with Crippen molar-refractivity contribution in [1.82, 2.24) is 0 Å². The second-order valence-electron chi connectivity index (χ2n) is 3.51. The summed E-state index contributed by atoms with van der Waals surface area (Å²) in [6.45, 7) is 1.03. The van der Waals surface area contributed by atoms with Gasteiger partial charge in [0.15, 0.2) is 0 Å². The van der Waals surface area contributed by atoms with Crippen molar-refractivity contribution in [2.75, 3.05) is 25.7 Å². The highest BCUT2D eigenvalue weighted by Crippen LogP contribution is 2.13. The minimum Gasteiger partial charge on any atom is -0.491 e.